The van der Waals surface area contributed by atoms with Crippen LogP contribution in [0.2, 0.25) is 0 Å². The van der Waals surface area contributed by atoms with Gasteiger partial charge in [-0.1, -0.05) is 13.3 Å². The molecular weight excluding hydrogens is 270 g/mol. The summed E-state index contributed by atoms with van der Waals surface area (Å²) in [4.78, 5) is 24.0. The molecule has 2 atom stereocenters. The fraction of sp³-hybridized carbons (Fsp3) is 0.533. The molecule has 116 valence electrons. The summed E-state index contributed by atoms with van der Waals surface area (Å²) in [6, 6.07) is 6.13. The molecule has 0 fully saturated rings. The average molecular weight is 293 g/mol. The fourth-order valence-electron chi connectivity index (χ4n) is 2.13. The summed E-state index contributed by atoms with van der Waals surface area (Å²) in [5.74, 6) is -0.0857. The molecule has 0 saturated heterocycles. The van der Waals surface area contributed by atoms with Crippen molar-refractivity contribution in [2.45, 2.75) is 39.2 Å². The second kappa shape index (κ2) is 7.73. The Morgan fingerprint density at radius 2 is 1.86 bits per heavy atom. The van der Waals surface area contributed by atoms with E-state index < -0.39 is 4.92 Å². The van der Waals surface area contributed by atoms with E-state index in [4.69, 9.17) is 5.73 Å². The predicted octanol–water partition coefficient (Wildman–Crippen LogP) is 2.71. The summed E-state index contributed by atoms with van der Waals surface area (Å²) in [7, 11) is 1.69. The molecule has 0 bridgehead atoms. The zero-order chi connectivity index (χ0) is 16.0. The van der Waals surface area contributed by atoms with Gasteiger partial charge >= 0.3 is 0 Å². The molecule has 0 spiro atoms. The summed E-state index contributed by atoms with van der Waals surface area (Å²) in [5.41, 5.74) is 6.37. The van der Waals surface area contributed by atoms with Crippen LogP contribution >= 0.6 is 0 Å². The monoisotopic (exact) mass is 293 g/mol. The number of rotatable bonds is 7. The Labute approximate surface area is 125 Å². The Hall–Kier alpha value is -1.95. The molecule has 0 heterocycles. The third-order valence-electron chi connectivity index (χ3n) is 3.50. The predicted molar refractivity (Wildman–Crippen MR) is 83.2 cm³/mol. The lowest BCUT2D eigenvalue weighted by molar-refractivity contribution is -0.384. The van der Waals surface area contributed by atoms with Gasteiger partial charge < -0.3 is 10.6 Å². The van der Waals surface area contributed by atoms with Gasteiger partial charge in [0.05, 0.1) is 4.92 Å². The number of carbonyl (C=O) groups excluding carboxylic acids is 1. The topological polar surface area (TPSA) is 89.5 Å². The van der Waals surface area contributed by atoms with Gasteiger partial charge in [0.1, 0.15) is 0 Å². The molecule has 0 aliphatic rings. The number of amides is 1. The Kier molecular flexibility index (Phi) is 6.30. The number of benzene rings is 1. The van der Waals surface area contributed by atoms with E-state index in [9.17, 15) is 14.9 Å². The average Bonchev–Trinajstić information content (AvgIpc) is 2.45. The van der Waals surface area contributed by atoms with Crippen LogP contribution in [0.25, 0.3) is 0 Å². The molecule has 21 heavy (non-hydrogen) atoms. The van der Waals surface area contributed by atoms with Gasteiger partial charge in [0.25, 0.3) is 5.69 Å². The molecular formula is C15H23N3O3. The maximum absolute atomic E-state index is 12.3. The van der Waals surface area contributed by atoms with Crippen LogP contribution in [0.5, 0.6) is 0 Å². The van der Waals surface area contributed by atoms with Crippen LogP contribution in [-0.2, 0) is 4.79 Å². The molecule has 0 radical (unpaired) electrons. The molecule has 0 saturated carbocycles. The van der Waals surface area contributed by atoms with Gasteiger partial charge in [-0.25, -0.2) is 0 Å². The normalized spacial score (nSPS) is 13.5. The Morgan fingerprint density at radius 3 is 2.33 bits per heavy atom. The highest BCUT2D eigenvalue weighted by Crippen LogP contribution is 2.21. The Morgan fingerprint density at radius 1 is 1.29 bits per heavy atom. The van der Waals surface area contributed by atoms with Crippen LogP contribution < -0.4 is 10.6 Å². The van der Waals surface area contributed by atoms with Gasteiger partial charge in [-0.15, -0.1) is 0 Å². The molecule has 1 aromatic carbocycles. The van der Waals surface area contributed by atoms with Crippen LogP contribution in [0, 0.1) is 16.0 Å². The zero-order valence-electron chi connectivity index (χ0n) is 12.8. The highest BCUT2D eigenvalue weighted by Gasteiger charge is 2.19. The van der Waals surface area contributed by atoms with E-state index in [1.165, 1.54) is 12.1 Å². The van der Waals surface area contributed by atoms with Crippen molar-refractivity contribution >= 4 is 17.3 Å². The van der Waals surface area contributed by atoms with E-state index in [-0.39, 0.29) is 23.6 Å². The summed E-state index contributed by atoms with van der Waals surface area (Å²) >= 11 is 0. The first-order valence-electron chi connectivity index (χ1n) is 7.10. The zero-order valence-corrected chi connectivity index (χ0v) is 12.8. The van der Waals surface area contributed by atoms with Crippen molar-refractivity contribution in [3.05, 3.63) is 34.4 Å². The molecule has 1 amide bonds. The largest absolute Gasteiger partial charge is 0.328 e. The van der Waals surface area contributed by atoms with Gasteiger partial charge in [-0.05, 0) is 31.9 Å². The van der Waals surface area contributed by atoms with Crippen LogP contribution in [-0.4, -0.2) is 23.9 Å². The fourth-order valence-corrected chi connectivity index (χ4v) is 2.13. The van der Waals surface area contributed by atoms with E-state index in [2.05, 4.69) is 0 Å². The number of hydrogen-bond acceptors (Lipinski definition) is 4. The number of nitro groups is 1. The number of carbonyl (C=O) groups is 1. The second-order valence-electron chi connectivity index (χ2n) is 5.48. The quantitative estimate of drug-likeness (QED) is 0.618. The second-order valence-corrected chi connectivity index (χ2v) is 5.48. The van der Waals surface area contributed by atoms with Gasteiger partial charge in [0, 0.05) is 36.8 Å². The highest BCUT2D eigenvalue weighted by atomic mass is 16.6. The number of anilines is 1. The van der Waals surface area contributed by atoms with E-state index >= 15 is 0 Å². The third kappa shape index (κ3) is 5.15. The molecule has 1 rings (SSSR count). The maximum Gasteiger partial charge on any atom is 0.269 e. The molecule has 6 heteroatoms. The van der Waals surface area contributed by atoms with Crippen molar-refractivity contribution in [3.63, 3.8) is 0 Å². The van der Waals surface area contributed by atoms with Crippen LogP contribution in [0.3, 0.4) is 0 Å². The van der Waals surface area contributed by atoms with Crippen LogP contribution in [0.1, 0.15) is 33.1 Å². The first kappa shape index (κ1) is 17.1. The molecule has 1 aromatic rings. The SMILES string of the molecule is CC(N)CCCC(C)C(=O)N(C)c1ccc([N+](=O)[O-])cc1. The molecule has 0 aliphatic carbocycles. The number of nitro benzene ring substituents is 1. The van der Waals surface area contributed by atoms with Crippen molar-refractivity contribution in [3.8, 4) is 0 Å². The first-order chi connectivity index (χ1) is 9.82. The smallest absolute Gasteiger partial charge is 0.269 e. The lowest BCUT2D eigenvalue weighted by atomic mass is 10.0. The van der Waals surface area contributed by atoms with E-state index in [0.717, 1.165) is 19.3 Å². The first-order valence-corrected chi connectivity index (χ1v) is 7.10. The summed E-state index contributed by atoms with van der Waals surface area (Å²) in [5, 5.41) is 10.6. The number of nitrogens with zero attached hydrogens (tertiary/aromatic N) is 2. The Bertz CT molecular complexity index is 485. The van der Waals surface area contributed by atoms with Crippen molar-refractivity contribution in [2.75, 3.05) is 11.9 Å². The van der Waals surface area contributed by atoms with Crippen molar-refractivity contribution in [2.24, 2.45) is 11.7 Å². The van der Waals surface area contributed by atoms with E-state index in [1.54, 1.807) is 24.1 Å². The lowest BCUT2D eigenvalue weighted by Gasteiger charge is -2.21. The van der Waals surface area contributed by atoms with Gasteiger partial charge in [0.2, 0.25) is 5.91 Å². The summed E-state index contributed by atoms with van der Waals surface area (Å²) < 4.78 is 0. The minimum Gasteiger partial charge on any atom is -0.328 e. The number of nitrogens with two attached hydrogens (primary N) is 1. The van der Waals surface area contributed by atoms with E-state index in [1.807, 2.05) is 13.8 Å². The van der Waals surface area contributed by atoms with Crippen LogP contribution in [0.4, 0.5) is 11.4 Å². The number of non-ortho nitro benzene ring substituents is 1. The van der Waals surface area contributed by atoms with Crippen molar-refractivity contribution in [1.29, 1.82) is 0 Å². The number of hydrogen-bond donors (Lipinski definition) is 1. The van der Waals surface area contributed by atoms with Crippen molar-refractivity contribution in [1.82, 2.24) is 0 Å². The van der Waals surface area contributed by atoms with E-state index in [0.29, 0.717) is 5.69 Å². The molecule has 2 N–H and O–H groups in total. The molecule has 0 aromatic heterocycles. The minimum atomic E-state index is -0.456. The standard InChI is InChI=1S/C15H23N3O3/c1-11(5-4-6-12(2)16)15(19)17(3)13-7-9-14(10-8-13)18(20)21/h7-12H,4-6,16H2,1-3H3. The minimum absolute atomic E-state index is 0.00790. The third-order valence-corrected chi connectivity index (χ3v) is 3.50. The van der Waals surface area contributed by atoms with Crippen molar-refractivity contribution < 1.29 is 9.72 Å². The van der Waals surface area contributed by atoms with Gasteiger partial charge in [-0.3, -0.25) is 14.9 Å². The maximum atomic E-state index is 12.3. The van der Waals surface area contributed by atoms with Gasteiger partial charge in [0.15, 0.2) is 0 Å². The molecule has 0 aliphatic heterocycles. The molecule has 6 nitrogen and oxygen atoms in total. The Balaban J connectivity index is 2.62. The lowest BCUT2D eigenvalue weighted by Crippen LogP contribution is -2.31. The van der Waals surface area contributed by atoms with Crippen LogP contribution in [0.15, 0.2) is 24.3 Å². The summed E-state index contributed by atoms with van der Waals surface area (Å²) in [6.07, 6.45) is 2.61. The molecule has 2 unspecified atom stereocenters. The van der Waals surface area contributed by atoms with Gasteiger partial charge in [-0.2, -0.15) is 0 Å². The summed E-state index contributed by atoms with van der Waals surface area (Å²) in [6.45, 7) is 3.85. The highest BCUT2D eigenvalue weighted by molar-refractivity contribution is 5.94.